The molecule has 2 N–H and O–H groups in total. The van der Waals surface area contributed by atoms with Crippen LogP contribution in [0.1, 0.15) is 70.4 Å². The summed E-state index contributed by atoms with van der Waals surface area (Å²) >= 11 is 0. The summed E-state index contributed by atoms with van der Waals surface area (Å²) in [5, 5.41) is 12.5. The Morgan fingerprint density at radius 1 is 0.973 bits per heavy atom. The topological polar surface area (TPSA) is 105 Å². The van der Waals surface area contributed by atoms with Crippen molar-refractivity contribution in [3.8, 4) is 11.1 Å². The van der Waals surface area contributed by atoms with Gasteiger partial charge in [-0.1, -0.05) is 48.5 Å². The summed E-state index contributed by atoms with van der Waals surface area (Å²) < 4.78 is 11.3. The fraction of sp³-hybridized carbons (Fsp3) is 0.483. The van der Waals surface area contributed by atoms with Crippen LogP contribution in [-0.4, -0.2) is 58.5 Å². The number of fused-ring (bicyclic) bond motifs is 3. The molecule has 2 unspecified atom stereocenters. The molecule has 0 radical (unpaired) electrons. The quantitative estimate of drug-likeness (QED) is 0.530. The Morgan fingerprint density at radius 3 is 2.14 bits per heavy atom. The molecule has 2 aromatic carbocycles. The van der Waals surface area contributed by atoms with Crippen molar-refractivity contribution < 1.29 is 29.0 Å². The van der Waals surface area contributed by atoms with Gasteiger partial charge in [-0.05, 0) is 69.2 Å². The normalized spacial score (nSPS) is 18.8. The number of ether oxygens (including phenoxy) is 2. The largest absolute Gasteiger partial charge is 0.481 e. The summed E-state index contributed by atoms with van der Waals surface area (Å²) in [6, 6.07) is 15.6. The van der Waals surface area contributed by atoms with E-state index in [9.17, 15) is 19.5 Å². The molecule has 1 heterocycles. The SMILES string of the molecule is CC(C)(C)OC(=O)N1CCCCC1C(C)(CC(=O)O)NC(=O)OCC1c2ccccc2-c2ccccc21. The molecule has 0 spiro atoms. The van der Waals surface area contributed by atoms with Crippen molar-refractivity contribution in [3.05, 3.63) is 59.7 Å². The first-order valence-electron chi connectivity index (χ1n) is 12.8. The molecule has 1 aliphatic heterocycles. The third-order valence-electron chi connectivity index (χ3n) is 7.12. The zero-order valence-electron chi connectivity index (χ0n) is 22.0. The highest BCUT2D eigenvalue weighted by Crippen LogP contribution is 2.44. The first-order chi connectivity index (χ1) is 17.5. The van der Waals surface area contributed by atoms with Crippen molar-refractivity contribution in [1.82, 2.24) is 10.2 Å². The number of carbonyl (C=O) groups excluding carboxylic acids is 2. The third kappa shape index (κ3) is 5.89. The van der Waals surface area contributed by atoms with Gasteiger partial charge in [0.05, 0.1) is 18.0 Å². The van der Waals surface area contributed by atoms with Crippen LogP contribution in [0.4, 0.5) is 9.59 Å². The number of alkyl carbamates (subject to hydrolysis) is 1. The Balaban J connectivity index is 1.51. The molecule has 8 nitrogen and oxygen atoms in total. The van der Waals surface area contributed by atoms with Crippen molar-refractivity contribution in [2.75, 3.05) is 13.2 Å². The number of amides is 2. The molecule has 2 aliphatic rings. The molecular formula is C29H36N2O6. The van der Waals surface area contributed by atoms with Crippen molar-refractivity contribution in [2.45, 2.75) is 76.5 Å². The van der Waals surface area contributed by atoms with Crippen LogP contribution >= 0.6 is 0 Å². The highest BCUT2D eigenvalue weighted by molar-refractivity contribution is 5.79. The average molecular weight is 509 g/mol. The lowest BCUT2D eigenvalue weighted by atomic mass is 9.82. The number of rotatable bonds is 6. The first kappa shape index (κ1) is 26.5. The Bertz CT molecular complexity index is 1130. The van der Waals surface area contributed by atoms with E-state index in [0.717, 1.165) is 35.1 Å². The molecule has 8 heteroatoms. The van der Waals surface area contributed by atoms with Crippen molar-refractivity contribution in [1.29, 1.82) is 0 Å². The fourth-order valence-electron chi connectivity index (χ4n) is 5.56. The van der Waals surface area contributed by atoms with E-state index in [2.05, 4.69) is 17.4 Å². The predicted octanol–water partition coefficient (Wildman–Crippen LogP) is 5.55. The summed E-state index contributed by atoms with van der Waals surface area (Å²) in [6.07, 6.45) is 0.562. The summed E-state index contributed by atoms with van der Waals surface area (Å²) in [4.78, 5) is 39.5. The Labute approximate surface area is 217 Å². The van der Waals surface area contributed by atoms with Gasteiger partial charge in [-0.15, -0.1) is 0 Å². The van der Waals surface area contributed by atoms with Crippen LogP contribution in [-0.2, 0) is 14.3 Å². The summed E-state index contributed by atoms with van der Waals surface area (Å²) in [5.41, 5.74) is 2.49. The Kier molecular flexibility index (Phi) is 7.48. The number of nitrogens with zero attached hydrogens (tertiary/aromatic N) is 1. The molecule has 37 heavy (non-hydrogen) atoms. The second kappa shape index (κ2) is 10.4. The maximum atomic E-state index is 13.1. The van der Waals surface area contributed by atoms with Crippen molar-refractivity contribution >= 4 is 18.2 Å². The van der Waals surface area contributed by atoms with E-state index in [1.165, 1.54) is 0 Å². The average Bonchev–Trinajstić information content (AvgIpc) is 3.15. The number of hydrogen-bond donors (Lipinski definition) is 2. The van der Waals surface area contributed by atoms with E-state index < -0.39 is 35.3 Å². The molecule has 0 saturated carbocycles. The minimum Gasteiger partial charge on any atom is -0.481 e. The van der Waals surface area contributed by atoms with Crippen LogP contribution < -0.4 is 5.32 Å². The van der Waals surface area contributed by atoms with Crippen LogP contribution in [0.15, 0.2) is 48.5 Å². The molecule has 2 amide bonds. The van der Waals surface area contributed by atoms with Crippen LogP contribution in [0.3, 0.4) is 0 Å². The smallest absolute Gasteiger partial charge is 0.410 e. The van der Waals surface area contributed by atoms with Gasteiger partial charge in [0.25, 0.3) is 0 Å². The molecule has 198 valence electrons. The summed E-state index contributed by atoms with van der Waals surface area (Å²) in [5.74, 6) is -1.19. The number of aliphatic carboxylic acids is 1. The van der Waals surface area contributed by atoms with Gasteiger partial charge in [0.15, 0.2) is 0 Å². The van der Waals surface area contributed by atoms with Crippen molar-refractivity contribution in [2.24, 2.45) is 0 Å². The highest BCUT2D eigenvalue weighted by Gasteiger charge is 2.45. The van der Waals surface area contributed by atoms with Crippen LogP contribution in [0.2, 0.25) is 0 Å². The lowest BCUT2D eigenvalue weighted by Crippen LogP contribution is -2.64. The zero-order chi connectivity index (χ0) is 26.8. The van der Waals surface area contributed by atoms with Crippen LogP contribution in [0.5, 0.6) is 0 Å². The van der Waals surface area contributed by atoms with E-state index in [-0.39, 0.29) is 18.9 Å². The molecule has 2 aromatic rings. The maximum Gasteiger partial charge on any atom is 0.410 e. The van der Waals surface area contributed by atoms with Gasteiger partial charge in [-0.25, -0.2) is 9.59 Å². The molecular weight excluding hydrogens is 472 g/mol. The van der Waals surface area contributed by atoms with E-state index >= 15 is 0 Å². The first-order valence-corrected chi connectivity index (χ1v) is 12.8. The zero-order valence-corrected chi connectivity index (χ0v) is 22.0. The van der Waals surface area contributed by atoms with Crippen LogP contribution in [0.25, 0.3) is 11.1 Å². The van der Waals surface area contributed by atoms with Gasteiger partial charge in [0.1, 0.15) is 12.2 Å². The Morgan fingerprint density at radius 2 is 1.57 bits per heavy atom. The van der Waals surface area contributed by atoms with Crippen LogP contribution in [0, 0.1) is 0 Å². The second-order valence-corrected chi connectivity index (χ2v) is 11.1. The summed E-state index contributed by atoms with van der Waals surface area (Å²) in [6.45, 7) is 7.57. The van der Waals surface area contributed by atoms with E-state index in [4.69, 9.17) is 9.47 Å². The predicted molar refractivity (Wildman–Crippen MR) is 139 cm³/mol. The molecule has 1 aliphatic carbocycles. The number of hydrogen-bond acceptors (Lipinski definition) is 5. The van der Waals surface area contributed by atoms with Gasteiger partial charge >= 0.3 is 18.2 Å². The number of likely N-dealkylation sites (tertiary alicyclic amines) is 1. The molecule has 1 saturated heterocycles. The van der Waals surface area contributed by atoms with E-state index in [1.54, 1.807) is 32.6 Å². The number of carboxylic acids is 1. The molecule has 4 rings (SSSR count). The third-order valence-corrected chi connectivity index (χ3v) is 7.12. The Hall–Kier alpha value is -3.55. The number of nitrogens with one attached hydrogen (secondary N) is 1. The van der Waals surface area contributed by atoms with Gasteiger partial charge in [-0.2, -0.15) is 0 Å². The lowest BCUT2D eigenvalue weighted by Gasteiger charge is -2.46. The molecule has 0 bridgehead atoms. The van der Waals surface area contributed by atoms with E-state index in [1.807, 2.05) is 36.4 Å². The molecule has 2 atom stereocenters. The lowest BCUT2D eigenvalue weighted by molar-refractivity contribution is -0.139. The van der Waals surface area contributed by atoms with Gasteiger partial charge in [0.2, 0.25) is 0 Å². The number of carbonyl (C=O) groups is 3. The number of piperidine rings is 1. The number of carboxylic acid groups (broad SMARTS) is 1. The monoisotopic (exact) mass is 508 g/mol. The second-order valence-electron chi connectivity index (χ2n) is 11.1. The summed E-state index contributed by atoms with van der Waals surface area (Å²) in [7, 11) is 0. The highest BCUT2D eigenvalue weighted by atomic mass is 16.6. The van der Waals surface area contributed by atoms with Gasteiger partial charge in [0, 0.05) is 12.5 Å². The van der Waals surface area contributed by atoms with Gasteiger partial charge in [-0.3, -0.25) is 4.79 Å². The fourth-order valence-corrected chi connectivity index (χ4v) is 5.56. The minimum absolute atomic E-state index is 0.114. The standard InChI is InChI=1S/C29H36N2O6/c1-28(2,3)37-27(35)31-16-10-9-15-24(31)29(4,17-25(32)33)30-26(34)36-18-23-21-13-7-5-11-19(21)20-12-6-8-14-22(20)23/h5-8,11-14,23-24H,9-10,15-18H2,1-4H3,(H,30,34)(H,32,33). The maximum absolute atomic E-state index is 13.1. The molecule has 0 aromatic heterocycles. The van der Waals surface area contributed by atoms with Gasteiger partial charge < -0.3 is 24.8 Å². The van der Waals surface area contributed by atoms with E-state index in [0.29, 0.717) is 13.0 Å². The number of benzene rings is 2. The minimum atomic E-state index is -1.24. The molecule has 1 fully saturated rings. The van der Waals surface area contributed by atoms with Crippen molar-refractivity contribution in [3.63, 3.8) is 0 Å².